The molecule has 4 heteroatoms. The summed E-state index contributed by atoms with van der Waals surface area (Å²) in [6.07, 6.45) is 3.78. The van der Waals surface area contributed by atoms with Gasteiger partial charge in [-0.3, -0.25) is 0 Å². The molecule has 0 bridgehead atoms. The molecule has 0 aliphatic heterocycles. The highest BCUT2D eigenvalue weighted by molar-refractivity contribution is 5.34. The lowest BCUT2D eigenvalue weighted by atomic mass is 9.97. The first-order valence-electron chi connectivity index (χ1n) is 6.49. The van der Waals surface area contributed by atoms with Gasteiger partial charge in [-0.15, -0.1) is 5.10 Å². The summed E-state index contributed by atoms with van der Waals surface area (Å²) >= 11 is 0. The number of nitrogens with zero attached hydrogens (tertiary/aromatic N) is 3. The van der Waals surface area contributed by atoms with Crippen LogP contribution in [-0.2, 0) is 13.0 Å². The van der Waals surface area contributed by atoms with Crippen LogP contribution < -0.4 is 5.73 Å². The van der Waals surface area contributed by atoms with Crippen molar-refractivity contribution in [3.8, 4) is 0 Å². The molecule has 4 nitrogen and oxygen atoms in total. The van der Waals surface area contributed by atoms with E-state index in [-0.39, 0.29) is 6.04 Å². The Bertz CT molecular complexity index is 504. The Balaban J connectivity index is 2.35. The van der Waals surface area contributed by atoms with Crippen LogP contribution in [0.3, 0.4) is 0 Å². The van der Waals surface area contributed by atoms with Gasteiger partial charge < -0.3 is 5.73 Å². The lowest BCUT2D eigenvalue weighted by molar-refractivity contribution is 0.543. The van der Waals surface area contributed by atoms with Gasteiger partial charge in [-0.05, 0) is 24.0 Å². The molecule has 0 fully saturated rings. The number of hydrogen-bond acceptors (Lipinski definition) is 3. The first-order valence-corrected chi connectivity index (χ1v) is 6.49. The maximum atomic E-state index is 6.37. The van der Waals surface area contributed by atoms with Gasteiger partial charge in [-0.2, -0.15) is 0 Å². The van der Waals surface area contributed by atoms with Crippen molar-refractivity contribution in [2.75, 3.05) is 0 Å². The van der Waals surface area contributed by atoms with E-state index < -0.39 is 0 Å². The molecule has 2 N–H and O–H groups in total. The van der Waals surface area contributed by atoms with Crippen LogP contribution in [0.1, 0.15) is 43.1 Å². The van der Waals surface area contributed by atoms with Crippen molar-refractivity contribution in [2.45, 2.75) is 39.3 Å². The Hall–Kier alpha value is -1.68. The van der Waals surface area contributed by atoms with Crippen molar-refractivity contribution in [2.24, 2.45) is 5.73 Å². The third-order valence-corrected chi connectivity index (χ3v) is 3.17. The van der Waals surface area contributed by atoms with Gasteiger partial charge >= 0.3 is 0 Å². The van der Waals surface area contributed by atoms with Crippen LogP contribution in [0.15, 0.2) is 30.5 Å². The molecule has 1 heterocycles. The van der Waals surface area contributed by atoms with Crippen molar-refractivity contribution < 1.29 is 0 Å². The van der Waals surface area contributed by atoms with Gasteiger partial charge in [0.05, 0.1) is 17.9 Å². The van der Waals surface area contributed by atoms with Crippen LogP contribution in [0, 0.1) is 0 Å². The Morgan fingerprint density at radius 3 is 2.78 bits per heavy atom. The first kappa shape index (κ1) is 12.8. The fourth-order valence-electron chi connectivity index (χ4n) is 2.21. The topological polar surface area (TPSA) is 56.7 Å². The average Bonchev–Trinajstić information content (AvgIpc) is 2.86. The second kappa shape index (κ2) is 5.78. The van der Waals surface area contributed by atoms with Gasteiger partial charge in [0.15, 0.2) is 0 Å². The quantitative estimate of drug-likeness (QED) is 0.878. The number of aryl methyl sites for hydroxylation is 2. The van der Waals surface area contributed by atoms with Crippen LogP contribution >= 0.6 is 0 Å². The zero-order valence-corrected chi connectivity index (χ0v) is 11.0. The predicted octanol–water partition coefficient (Wildman–Crippen LogP) is 2.30. The smallest absolute Gasteiger partial charge is 0.0799 e. The minimum Gasteiger partial charge on any atom is -0.319 e. The molecule has 18 heavy (non-hydrogen) atoms. The van der Waals surface area contributed by atoms with E-state index >= 15 is 0 Å². The second-order valence-electron chi connectivity index (χ2n) is 4.41. The minimum absolute atomic E-state index is 0.150. The van der Waals surface area contributed by atoms with E-state index in [1.807, 2.05) is 10.7 Å². The van der Waals surface area contributed by atoms with Gasteiger partial charge in [0, 0.05) is 6.54 Å². The number of aromatic nitrogens is 3. The molecular weight excluding hydrogens is 224 g/mol. The van der Waals surface area contributed by atoms with E-state index in [4.69, 9.17) is 5.73 Å². The molecule has 1 atom stereocenters. The standard InChI is InChI=1S/C14H20N4/c1-3-9-18-13(10-16-17-18)14(15)12-8-6-5-7-11(12)4-2/h5-8,10,14H,3-4,9,15H2,1-2H3. The third-order valence-electron chi connectivity index (χ3n) is 3.17. The summed E-state index contributed by atoms with van der Waals surface area (Å²) in [5.41, 5.74) is 9.80. The van der Waals surface area contributed by atoms with Crippen molar-refractivity contribution in [3.63, 3.8) is 0 Å². The van der Waals surface area contributed by atoms with Gasteiger partial charge in [-0.1, -0.05) is 43.3 Å². The van der Waals surface area contributed by atoms with Crippen molar-refractivity contribution in [1.29, 1.82) is 0 Å². The monoisotopic (exact) mass is 244 g/mol. The van der Waals surface area contributed by atoms with Crippen LogP contribution in [0.25, 0.3) is 0 Å². The molecule has 1 unspecified atom stereocenters. The van der Waals surface area contributed by atoms with E-state index in [0.29, 0.717) is 0 Å². The molecule has 2 rings (SSSR count). The van der Waals surface area contributed by atoms with Crippen LogP contribution in [0.5, 0.6) is 0 Å². The lowest BCUT2D eigenvalue weighted by Gasteiger charge is -2.16. The maximum Gasteiger partial charge on any atom is 0.0799 e. The lowest BCUT2D eigenvalue weighted by Crippen LogP contribution is -2.19. The molecule has 1 aromatic carbocycles. The Morgan fingerprint density at radius 2 is 2.06 bits per heavy atom. The van der Waals surface area contributed by atoms with Crippen LogP contribution in [0.4, 0.5) is 0 Å². The molecule has 1 aromatic heterocycles. The molecule has 96 valence electrons. The zero-order valence-electron chi connectivity index (χ0n) is 11.0. The normalized spacial score (nSPS) is 12.6. The van der Waals surface area contributed by atoms with Crippen molar-refractivity contribution in [3.05, 3.63) is 47.3 Å². The van der Waals surface area contributed by atoms with E-state index in [1.165, 1.54) is 11.1 Å². The van der Waals surface area contributed by atoms with Gasteiger partial charge in [0.2, 0.25) is 0 Å². The number of nitrogens with two attached hydrogens (primary N) is 1. The Morgan fingerprint density at radius 1 is 1.28 bits per heavy atom. The fraction of sp³-hybridized carbons (Fsp3) is 0.429. The van der Waals surface area contributed by atoms with Crippen LogP contribution in [0.2, 0.25) is 0 Å². The van der Waals surface area contributed by atoms with Gasteiger partial charge in [0.25, 0.3) is 0 Å². The average molecular weight is 244 g/mol. The third kappa shape index (κ3) is 2.43. The molecule has 0 radical (unpaired) electrons. The zero-order chi connectivity index (χ0) is 13.0. The molecular formula is C14H20N4. The molecule has 0 amide bonds. The van der Waals surface area contributed by atoms with Gasteiger partial charge in [0.1, 0.15) is 0 Å². The predicted molar refractivity (Wildman–Crippen MR) is 72.2 cm³/mol. The van der Waals surface area contributed by atoms with E-state index in [1.54, 1.807) is 6.20 Å². The minimum atomic E-state index is -0.150. The summed E-state index contributed by atoms with van der Waals surface area (Å²) in [7, 11) is 0. The van der Waals surface area contributed by atoms with Crippen LogP contribution in [-0.4, -0.2) is 15.0 Å². The number of hydrogen-bond donors (Lipinski definition) is 1. The Labute approximate surface area is 108 Å². The molecule has 0 spiro atoms. The van der Waals surface area contributed by atoms with E-state index in [0.717, 1.165) is 25.1 Å². The fourth-order valence-corrected chi connectivity index (χ4v) is 2.21. The van der Waals surface area contributed by atoms with E-state index in [2.05, 4.69) is 42.4 Å². The SMILES string of the molecule is CCCn1nncc1C(N)c1ccccc1CC. The Kier molecular flexibility index (Phi) is 4.10. The summed E-state index contributed by atoms with van der Waals surface area (Å²) in [6.45, 7) is 5.13. The van der Waals surface area contributed by atoms with Crippen molar-refractivity contribution in [1.82, 2.24) is 15.0 Å². The second-order valence-corrected chi connectivity index (χ2v) is 4.41. The van der Waals surface area contributed by atoms with E-state index in [9.17, 15) is 0 Å². The summed E-state index contributed by atoms with van der Waals surface area (Å²) in [5.74, 6) is 0. The summed E-state index contributed by atoms with van der Waals surface area (Å²) in [5, 5.41) is 8.07. The highest BCUT2D eigenvalue weighted by Crippen LogP contribution is 2.22. The molecule has 0 aliphatic rings. The highest BCUT2D eigenvalue weighted by Gasteiger charge is 2.16. The molecule has 0 saturated carbocycles. The molecule has 2 aromatic rings. The summed E-state index contributed by atoms with van der Waals surface area (Å²) in [6, 6.07) is 8.15. The van der Waals surface area contributed by atoms with Gasteiger partial charge in [-0.25, -0.2) is 4.68 Å². The largest absolute Gasteiger partial charge is 0.319 e. The first-order chi connectivity index (χ1) is 8.77. The summed E-state index contributed by atoms with van der Waals surface area (Å²) in [4.78, 5) is 0. The number of rotatable bonds is 5. The maximum absolute atomic E-state index is 6.37. The molecule has 0 saturated heterocycles. The number of benzene rings is 1. The molecule has 0 aliphatic carbocycles. The summed E-state index contributed by atoms with van der Waals surface area (Å²) < 4.78 is 1.90. The van der Waals surface area contributed by atoms with Crippen molar-refractivity contribution >= 4 is 0 Å². The highest BCUT2D eigenvalue weighted by atomic mass is 15.4.